The van der Waals surface area contributed by atoms with Crippen molar-refractivity contribution in [1.82, 2.24) is 29.8 Å². The first kappa shape index (κ1) is 25.2. The number of pyridine rings is 1. The summed E-state index contributed by atoms with van der Waals surface area (Å²) in [5.74, 6) is 0.740. The highest BCUT2D eigenvalue weighted by Gasteiger charge is 2.35. The number of aromatic nitrogens is 5. The van der Waals surface area contributed by atoms with Crippen LogP contribution in [0.25, 0.3) is 11.4 Å². The van der Waals surface area contributed by atoms with E-state index in [1.807, 2.05) is 0 Å². The summed E-state index contributed by atoms with van der Waals surface area (Å²) in [6.45, 7) is -0.0704. The van der Waals surface area contributed by atoms with Gasteiger partial charge in [-0.15, -0.1) is 0 Å². The van der Waals surface area contributed by atoms with Crippen LogP contribution in [0.15, 0.2) is 42.1 Å². The predicted octanol–water partition coefficient (Wildman–Crippen LogP) is 2.99. The maximum atomic E-state index is 13.1. The van der Waals surface area contributed by atoms with Crippen molar-refractivity contribution in [3.63, 3.8) is 0 Å². The first-order valence-electron chi connectivity index (χ1n) is 11.7. The molecule has 4 heterocycles. The van der Waals surface area contributed by atoms with Crippen LogP contribution >= 0.6 is 0 Å². The maximum Gasteiger partial charge on any atom is 0.434 e. The Hall–Kier alpha value is -4.49. The number of ether oxygens (including phenoxy) is 1. The van der Waals surface area contributed by atoms with Crippen molar-refractivity contribution in [3.8, 4) is 17.3 Å². The molecular weight excluding hydrogens is 503 g/mol. The second kappa shape index (κ2) is 9.43. The Morgan fingerprint density at radius 1 is 1.24 bits per heavy atom. The number of hydrogen-bond acceptors (Lipinski definition) is 8. The van der Waals surface area contributed by atoms with E-state index in [9.17, 15) is 18.0 Å². The number of nitrogens with two attached hydrogens (primary N) is 1. The van der Waals surface area contributed by atoms with Crippen molar-refractivity contribution in [2.75, 3.05) is 25.1 Å². The fourth-order valence-electron chi connectivity index (χ4n) is 4.27. The Balaban J connectivity index is 1.46. The largest absolute Gasteiger partial charge is 0.480 e. The molecule has 1 aliphatic heterocycles. The van der Waals surface area contributed by atoms with Crippen LogP contribution in [-0.4, -0.2) is 56.4 Å². The average molecular weight is 528 g/mol. The minimum absolute atomic E-state index is 0.00733. The summed E-state index contributed by atoms with van der Waals surface area (Å²) in [6, 6.07) is 2.54. The van der Waals surface area contributed by atoms with Gasteiger partial charge in [-0.3, -0.25) is 10.3 Å². The zero-order valence-corrected chi connectivity index (χ0v) is 20.5. The van der Waals surface area contributed by atoms with Gasteiger partial charge in [0.15, 0.2) is 5.69 Å². The number of nitrogens with one attached hydrogen (secondary N) is 2. The molecule has 0 spiro atoms. The quantitative estimate of drug-likeness (QED) is 0.418. The van der Waals surface area contributed by atoms with Crippen LogP contribution < -0.4 is 20.7 Å². The number of hydrogen-bond donors (Lipinski definition) is 3. The third-order valence-corrected chi connectivity index (χ3v) is 6.38. The van der Waals surface area contributed by atoms with Crippen molar-refractivity contribution in [2.45, 2.75) is 24.9 Å². The lowest BCUT2D eigenvalue weighted by Crippen LogP contribution is -2.40. The van der Waals surface area contributed by atoms with E-state index in [2.05, 4.69) is 25.3 Å². The number of urea groups is 1. The lowest BCUT2D eigenvalue weighted by atomic mass is 9.97. The van der Waals surface area contributed by atoms with E-state index in [0.29, 0.717) is 28.1 Å². The number of aryl methyl sites for hydroxylation is 1. The van der Waals surface area contributed by atoms with Crippen LogP contribution in [0.4, 0.5) is 23.8 Å². The van der Waals surface area contributed by atoms with Crippen molar-refractivity contribution in [3.05, 3.63) is 59.1 Å². The zero-order chi connectivity index (χ0) is 27.2. The monoisotopic (exact) mass is 527 g/mol. The molecule has 5 rings (SSSR count). The molecule has 0 bridgehead atoms. The summed E-state index contributed by atoms with van der Waals surface area (Å²) in [4.78, 5) is 30.8. The molecule has 3 aromatic heterocycles. The summed E-state index contributed by atoms with van der Waals surface area (Å²) in [6.07, 6.45) is 0.945. The lowest BCUT2D eigenvalue weighted by molar-refractivity contribution is -0.140. The van der Waals surface area contributed by atoms with Gasteiger partial charge in [0.2, 0.25) is 5.88 Å². The van der Waals surface area contributed by atoms with E-state index >= 15 is 0 Å². The SMILES string of the molecule is COc1ncnc(C2CC2)c1C(=N)C1=C(N)CNC(=O)N(c2ccc(-c3nc(C(F)(F)F)cn3C)cn2)C1. The summed E-state index contributed by atoms with van der Waals surface area (Å²) in [5.41, 5.74) is 7.48. The van der Waals surface area contributed by atoms with Gasteiger partial charge in [0, 0.05) is 42.2 Å². The molecule has 4 N–H and O–H groups in total. The minimum atomic E-state index is -4.58. The molecule has 0 atom stereocenters. The first-order valence-corrected chi connectivity index (χ1v) is 11.7. The normalized spacial score (nSPS) is 16.3. The van der Waals surface area contributed by atoms with Gasteiger partial charge in [-0.25, -0.2) is 24.7 Å². The molecule has 11 nitrogen and oxygen atoms in total. The van der Waals surface area contributed by atoms with E-state index in [-0.39, 0.29) is 42.2 Å². The second-order valence-electron chi connectivity index (χ2n) is 9.00. The van der Waals surface area contributed by atoms with Crippen LogP contribution in [-0.2, 0) is 13.2 Å². The van der Waals surface area contributed by atoms with Gasteiger partial charge >= 0.3 is 12.2 Å². The van der Waals surface area contributed by atoms with Gasteiger partial charge in [-0.05, 0) is 25.0 Å². The maximum absolute atomic E-state index is 13.1. The molecule has 1 saturated carbocycles. The van der Waals surface area contributed by atoms with Crippen molar-refractivity contribution < 1.29 is 22.7 Å². The number of carbonyl (C=O) groups excluding carboxylic acids is 1. The van der Waals surface area contributed by atoms with Crippen LogP contribution in [0, 0.1) is 5.41 Å². The second-order valence-corrected chi connectivity index (χ2v) is 9.00. The minimum Gasteiger partial charge on any atom is -0.480 e. The molecule has 38 heavy (non-hydrogen) atoms. The number of carbonyl (C=O) groups is 1. The molecule has 1 fully saturated rings. The van der Waals surface area contributed by atoms with E-state index in [0.717, 1.165) is 19.0 Å². The molecule has 0 aromatic carbocycles. The third kappa shape index (κ3) is 4.64. The topological polar surface area (TPSA) is 148 Å². The van der Waals surface area contributed by atoms with Gasteiger partial charge in [0.25, 0.3) is 0 Å². The third-order valence-electron chi connectivity index (χ3n) is 6.38. The molecule has 0 radical (unpaired) electrons. The average Bonchev–Trinajstić information content (AvgIpc) is 3.68. The van der Waals surface area contributed by atoms with Crippen LogP contribution in [0.5, 0.6) is 5.88 Å². The number of methoxy groups -OCH3 is 1. The highest BCUT2D eigenvalue weighted by atomic mass is 19.4. The van der Waals surface area contributed by atoms with E-state index < -0.39 is 17.9 Å². The Labute approximate surface area is 215 Å². The lowest BCUT2D eigenvalue weighted by Gasteiger charge is -2.22. The van der Waals surface area contributed by atoms with E-state index in [1.165, 1.54) is 48.3 Å². The molecule has 2 aliphatic rings. The van der Waals surface area contributed by atoms with Gasteiger partial charge < -0.3 is 20.4 Å². The summed E-state index contributed by atoms with van der Waals surface area (Å²) in [5, 5.41) is 11.7. The molecule has 1 aliphatic carbocycles. The van der Waals surface area contributed by atoms with Gasteiger partial charge in [0.1, 0.15) is 18.0 Å². The number of halogens is 3. The van der Waals surface area contributed by atoms with Gasteiger partial charge in [-0.2, -0.15) is 13.2 Å². The molecular formula is C24H24F3N9O2. The standard InChI is InChI=1S/C24H24F3N9O2/c1-35-10-16(24(25,26)27)34-21(35)13-5-6-17(30-7-13)36-9-14(15(28)8-31-23(36)37)19(29)18-20(12-3-4-12)32-11-33-22(18)38-2/h5-7,10-12,29H,3-4,8-9,28H2,1-2H3,(H,31,37). The van der Waals surface area contributed by atoms with Crippen molar-refractivity contribution in [1.29, 1.82) is 5.41 Å². The summed E-state index contributed by atoms with van der Waals surface area (Å²) < 4.78 is 45.9. The zero-order valence-electron chi connectivity index (χ0n) is 20.5. The van der Waals surface area contributed by atoms with Gasteiger partial charge in [-0.1, -0.05) is 0 Å². The number of anilines is 1. The Bertz CT molecular complexity index is 1440. The van der Waals surface area contributed by atoms with Crippen LogP contribution in [0.2, 0.25) is 0 Å². The number of nitrogens with zero attached hydrogens (tertiary/aromatic N) is 6. The summed E-state index contributed by atoms with van der Waals surface area (Å²) >= 11 is 0. The van der Waals surface area contributed by atoms with Crippen LogP contribution in [0.1, 0.15) is 35.7 Å². The Morgan fingerprint density at radius 3 is 2.61 bits per heavy atom. The molecule has 2 amide bonds. The van der Waals surface area contributed by atoms with Crippen molar-refractivity contribution >= 4 is 17.6 Å². The summed E-state index contributed by atoms with van der Waals surface area (Å²) in [7, 11) is 2.92. The Kier molecular flexibility index (Phi) is 6.25. The van der Waals surface area contributed by atoms with Crippen LogP contribution in [0.3, 0.4) is 0 Å². The number of imidazole rings is 1. The number of amides is 2. The smallest absolute Gasteiger partial charge is 0.434 e. The van der Waals surface area contributed by atoms with E-state index in [1.54, 1.807) is 0 Å². The fourth-order valence-corrected chi connectivity index (χ4v) is 4.27. The van der Waals surface area contributed by atoms with E-state index in [4.69, 9.17) is 15.9 Å². The molecule has 3 aromatic rings. The van der Waals surface area contributed by atoms with Gasteiger partial charge in [0.05, 0.1) is 37.2 Å². The number of rotatable bonds is 6. The predicted molar refractivity (Wildman–Crippen MR) is 131 cm³/mol. The molecule has 0 saturated heterocycles. The highest BCUT2D eigenvalue weighted by Crippen LogP contribution is 2.42. The molecule has 0 unspecified atom stereocenters. The molecule has 198 valence electrons. The van der Waals surface area contributed by atoms with Crippen molar-refractivity contribution in [2.24, 2.45) is 12.8 Å². The Morgan fingerprint density at radius 2 is 2.00 bits per heavy atom. The highest BCUT2D eigenvalue weighted by molar-refractivity contribution is 6.14. The fraction of sp³-hybridized carbons (Fsp3) is 0.333. The molecule has 14 heteroatoms. The first-order chi connectivity index (χ1) is 18.1. The number of alkyl halides is 3.